The second kappa shape index (κ2) is 15.4. The molecule has 3 heterocycles. The van der Waals surface area contributed by atoms with Gasteiger partial charge in [-0.2, -0.15) is 13.2 Å². The van der Waals surface area contributed by atoms with Crippen LogP contribution in [0, 0.1) is 12.8 Å². The van der Waals surface area contributed by atoms with Gasteiger partial charge in [-0.15, -0.1) is 0 Å². The van der Waals surface area contributed by atoms with Crippen LogP contribution in [0.15, 0.2) is 91.3 Å². The van der Waals surface area contributed by atoms with E-state index in [0.717, 1.165) is 12.0 Å². The summed E-state index contributed by atoms with van der Waals surface area (Å²) >= 11 is 0. The fraction of sp³-hybridized carbons (Fsp3) is 0.297. The molecular weight excluding hydrogens is 698 g/mol. The van der Waals surface area contributed by atoms with Gasteiger partial charge in [-0.1, -0.05) is 61.5 Å². The van der Waals surface area contributed by atoms with Gasteiger partial charge in [0.2, 0.25) is 21.9 Å². The molecule has 5 aromatic rings. The van der Waals surface area contributed by atoms with Gasteiger partial charge in [0.05, 0.1) is 29.1 Å². The molecular formula is C37H37F3N6O5S. The van der Waals surface area contributed by atoms with Crippen molar-refractivity contribution in [2.45, 2.75) is 45.5 Å². The number of amides is 1. The fourth-order valence-electron chi connectivity index (χ4n) is 6.07. The first-order valence-electron chi connectivity index (χ1n) is 16.6. The van der Waals surface area contributed by atoms with E-state index in [9.17, 15) is 26.4 Å². The molecule has 11 nitrogen and oxygen atoms in total. The van der Waals surface area contributed by atoms with Crippen LogP contribution in [0.3, 0.4) is 0 Å². The Morgan fingerprint density at radius 2 is 1.75 bits per heavy atom. The Morgan fingerprint density at radius 3 is 2.54 bits per heavy atom. The zero-order valence-electron chi connectivity index (χ0n) is 28.4. The van der Waals surface area contributed by atoms with Crippen molar-refractivity contribution in [1.82, 2.24) is 19.9 Å². The highest BCUT2D eigenvalue weighted by Gasteiger charge is 2.31. The van der Waals surface area contributed by atoms with Crippen LogP contribution in [0.1, 0.15) is 30.9 Å². The molecule has 1 saturated heterocycles. The number of halogens is 3. The Labute approximate surface area is 299 Å². The van der Waals surface area contributed by atoms with E-state index in [1.807, 2.05) is 37.3 Å². The first-order valence-corrected chi connectivity index (χ1v) is 18.3. The second-order valence-electron chi connectivity index (χ2n) is 12.7. The summed E-state index contributed by atoms with van der Waals surface area (Å²) in [6.45, 7) is 5.06. The first kappa shape index (κ1) is 36.4. The Balaban J connectivity index is 1.20. The molecule has 0 unspecified atom stereocenters. The number of aromatic nitrogens is 3. The van der Waals surface area contributed by atoms with Gasteiger partial charge in [-0.05, 0) is 54.7 Å². The molecule has 1 fully saturated rings. The molecule has 15 heteroatoms. The number of piperidine rings is 1. The third-order valence-corrected chi connectivity index (χ3v) is 9.76. The number of carbonyl (C=O) groups excluding carboxylic acids is 1. The van der Waals surface area contributed by atoms with E-state index in [1.54, 1.807) is 59.8 Å². The number of carbonyl (C=O) groups is 1. The highest BCUT2D eigenvalue weighted by molar-refractivity contribution is 7.92. The standard InChI is InChI=1S/C37H37F3N6O5S/c1-24-20-27(22-46(21-24)36(47)50-23-26-8-4-3-5-9-26)43-35-42-18-15-31(44-35)30-11-7-17-41-34(30)51-33-25(2)13-14-28-29(33)10-6-12-32(28)45-52(48,49)19-16-37(38,39)40/h3-15,17-18,24,27,45H,16,19-23H2,1-2H3,(H,42,43,44)/t24-,27+/m1/s1. The smallest absolute Gasteiger partial charge is 0.410 e. The second-order valence-corrected chi connectivity index (χ2v) is 14.6. The number of hydrogen-bond donors (Lipinski definition) is 2. The van der Waals surface area contributed by atoms with Gasteiger partial charge in [0.15, 0.2) is 0 Å². The number of pyridine rings is 1. The van der Waals surface area contributed by atoms with E-state index < -0.39 is 28.4 Å². The molecule has 0 spiro atoms. The van der Waals surface area contributed by atoms with E-state index >= 15 is 0 Å². The van der Waals surface area contributed by atoms with Gasteiger partial charge >= 0.3 is 12.3 Å². The SMILES string of the molecule is Cc1ccc2c(NS(=O)(=O)CCC(F)(F)F)cccc2c1Oc1ncccc1-c1ccnc(N[C@H]2C[C@@H](C)CN(C(=O)OCc3ccccc3)C2)n1. The van der Waals surface area contributed by atoms with Gasteiger partial charge in [-0.3, -0.25) is 4.72 Å². The third kappa shape index (κ3) is 9.26. The van der Waals surface area contributed by atoms with Crippen LogP contribution in [0.5, 0.6) is 11.6 Å². The summed E-state index contributed by atoms with van der Waals surface area (Å²) in [6.07, 6.45) is -2.50. The van der Waals surface area contributed by atoms with Gasteiger partial charge in [0.25, 0.3) is 0 Å². The lowest BCUT2D eigenvalue weighted by atomic mass is 9.96. The molecule has 2 aromatic heterocycles. The summed E-state index contributed by atoms with van der Waals surface area (Å²) in [7, 11) is -4.29. The van der Waals surface area contributed by atoms with Gasteiger partial charge in [-0.25, -0.2) is 28.2 Å². The number of nitrogens with one attached hydrogen (secondary N) is 2. The number of hydrogen-bond acceptors (Lipinski definition) is 9. The molecule has 3 aromatic carbocycles. The molecule has 0 radical (unpaired) electrons. The molecule has 2 atom stereocenters. The van der Waals surface area contributed by atoms with Crippen LogP contribution in [0.2, 0.25) is 0 Å². The van der Waals surface area contributed by atoms with Crippen LogP contribution < -0.4 is 14.8 Å². The summed E-state index contributed by atoms with van der Waals surface area (Å²) < 4.78 is 77.6. The van der Waals surface area contributed by atoms with Crippen molar-refractivity contribution >= 4 is 38.5 Å². The first-order chi connectivity index (χ1) is 24.8. The van der Waals surface area contributed by atoms with Crippen molar-refractivity contribution in [1.29, 1.82) is 0 Å². The molecule has 1 aliphatic rings. The van der Waals surface area contributed by atoms with Crippen molar-refractivity contribution in [2.24, 2.45) is 5.92 Å². The number of nitrogens with zero attached hydrogens (tertiary/aromatic N) is 4. The molecule has 2 N–H and O–H groups in total. The quantitative estimate of drug-likeness (QED) is 0.139. The van der Waals surface area contributed by atoms with Crippen molar-refractivity contribution in [3.63, 3.8) is 0 Å². The van der Waals surface area contributed by atoms with Gasteiger partial charge in [0, 0.05) is 42.3 Å². The highest BCUT2D eigenvalue weighted by atomic mass is 32.2. The molecule has 0 bridgehead atoms. The van der Waals surface area contributed by atoms with E-state index in [1.165, 1.54) is 6.07 Å². The minimum atomic E-state index is -4.61. The van der Waals surface area contributed by atoms with Crippen LogP contribution in [-0.4, -0.2) is 65.4 Å². The largest absolute Gasteiger partial charge is 0.445 e. The maximum absolute atomic E-state index is 12.9. The predicted octanol–water partition coefficient (Wildman–Crippen LogP) is 7.95. The van der Waals surface area contributed by atoms with Crippen LogP contribution in [0.4, 0.5) is 29.6 Å². The van der Waals surface area contributed by atoms with Crippen LogP contribution in [0.25, 0.3) is 22.0 Å². The van der Waals surface area contributed by atoms with Crippen molar-refractivity contribution < 1.29 is 35.9 Å². The molecule has 0 aliphatic carbocycles. The molecule has 1 amide bonds. The Hall–Kier alpha value is -5.44. The number of benzene rings is 3. The normalized spacial score (nSPS) is 16.4. The highest BCUT2D eigenvalue weighted by Crippen LogP contribution is 2.39. The predicted molar refractivity (Wildman–Crippen MR) is 191 cm³/mol. The monoisotopic (exact) mass is 734 g/mol. The van der Waals surface area contributed by atoms with Crippen molar-refractivity contribution in [3.05, 3.63) is 102 Å². The molecule has 272 valence electrons. The topological polar surface area (TPSA) is 136 Å². The lowest BCUT2D eigenvalue weighted by Gasteiger charge is -2.36. The summed E-state index contributed by atoms with van der Waals surface area (Å²) in [5.41, 5.74) is 2.81. The number of aryl methyl sites for hydroxylation is 1. The zero-order valence-corrected chi connectivity index (χ0v) is 29.2. The minimum Gasteiger partial charge on any atom is -0.445 e. The zero-order chi connectivity index (χ0) is 36.9. The van der Waals surface area contributed by atoms with Crippen molar-refractivity contribution in [3.8, 4) is 22.9 Å². The number of alkyl halides is 3. The lowest BCUT2D eigenvalue weighted by molar-refractivity contribution is -0.129. The lowest BCUT2D eigenvalue weighted by Crippen LogP contribution is -2.48. The number of likely N-dealkylation sites (tertiary alicyclic amines) is 1. The number of rotatable bonds is 11. The summed E-state index contributed by atoms with van der Waals surface area (Å²) in [6, 6.07) is 22.8. The summed E-state index contributed by atoms with van der Waals surface area (Å²) in [5, 5.41) is 4.33. The Morgan fingerprint density at radius 1 is 0.942 bits per heavy atom. The maximum atomic E-state index is 12.9. The van der Waals surface area contributed by atoms with E-state index in [0.29, 0.717) is 52.4 Å². The van der Waals surface area contributed by atoms with Crippen LogP contribution in [-0.2, 0) is 21.4 Å². The average molecular weight is 735 g/mol. The molecule has 6 rings (SSSR count). The Bertz CT molecular complexity index is 2150. The fourth-order valence-corrected chi connectivity index (χ4v) is 7.19. The third-order valence-electron chi connectivity index (χ3n) is 8.49. The summed E-state index contributed by atoms with van der Waals surface area (Å²) in [5.74, 6) is 0.0627. The van der Waals surface area contributed by atoms with Gasteiger partial charge < -0.3 is 19.7 Å². The molecule has 0 saturated carbocycles. The Kier molecular flexibility index (Phi) is 10.8. The van der Waals surface area contributed by atoms with E-state index in [-0.39, 0.29) is 36.2 Å². The number of fused-ring (bicyclic) bond motifs is 1. The number of ether oxygens (including phenoxy) is 2. The number of anilines is 2. The molecule has 52 heavy (non-hydrogen) atoms. The van der Waals surface area contributed by atoms with Gasteiger partial charge in [0.1, 0.15) is 12.4 Å². The average Bonchev–Trinajstić information content (AvgIpc) is 3.11. The number of sulfonamides is 1. The summed E-state index contributed by atoms with van der Waals surface area (Å²) in [4.78, 5) is 28.3. The van der Waals surface area contributed by atoms with E-state index in [4.69, 9.17) is 14.5 Å². The van der Waals surface area contributed by atoms with E-state index in [2.05, 4.69) is 26.9 Å². The maximum Gasteiger partial charge on any atom is 0.410 e. The minimum absolute atomic E-state index is 0.123. The molecule has 1 aliphatic heterocycles. The van der Waals surface area contributed by atoms with Crippen molar-refractivity contribution in [2.75, 3.05) is 28.9 Å². The van der Waals surface area contributed by atoms with Crippen LogP contribution >= 0.6 is 0 Å².